The summed E-state index contributed by atoms with van der Waals surface area (Å²) in [5.74, 6) is 0.0240. The lowest BCUT2D eigenvalue weighted by Crippen LogP contribution is -2.32. The highest BCUT2D eigenvalue weighted by Crippen LogP contribution is 2.37. The van der Waals surface area contributed by atoms with Crippen molar-refractivity contribution in [2.24, 2.45) is 13.0 Å². The van der Waals surface area contributed by atoms with Gasteiger partial charge in [0.25, 0.3) is 0 Å². The van der Waals surface area contributed by atoms with E-state index in [9.17, 15) is 18.0 Å². The number of pyridine rings is 1. The van der Waals surface area contributed by atoms with E-state index >= 15 is 0 Å². The molecular weight excluding hydrogens is 486 g/mol. The van der Waals surface area contributed by atoms with Crippen LogP contribution in [0.5, 0.6) is 0 Å². The van der Waals surface area contributed by atoms with Gasteiger partial charge in [-0.2, -0.15) is 13.2 Å². The minimum atomic E-state index is -4.60. The van der Waals surface area contributed by atoms with Crippen LogP contribution in [-0.2, 0) is 13.2 Å². The minimum Gasteiger partial charge on any atom is -0.371 e. The largest absolute Gasteiger partial charge is 0.433 e. The average Bonchev–Trinajstić information content (AvgIpc) is 3.10. The molecule has 1 atom stereocenters. The Hall–Kier alpha value is -2.51. The molecule has 180 valence electrons. The van der Waals surface area contributed by atoms with E-state index in [-0.39, 0.29) is 26.9 Å². The molecule has 1 aliphatic heterocycles. The quantitative estimate of drug-likeness (QED) is 0.350. The first-order valence-corrected chi connectivity index (χ1v) is 11.7. The number of hydrogen-bond donors (Lipinski definition) is 0. The number of benzene rings is 1. The van der Waals surface area contributed by atoms with E-state index in [1.165, 1.54) is 17.7 Å². The summed E-state index contributed by atoms with van der Waals surface area (Å²) in [5.41, 5.74) is 0.969. The normalized spacial score (nSPS) is 16.8. The van der Waals surface area contributed by atoms with Crippen LogP contribution in [0, 0.1) is 12.8 Å². The van der Waals surface area contributed by atoms with Crippen molar-refractivity contribution in [2.45, 2.75) is 32.9 Å². The average molecular weight is 510 g/mol. The van der Waals surface area contributed by atoms with Crippen molar-refractivity contribution < 1.29 is 18.0 Å². The number of ketones is 1. The Bertz CT molecular complexity index is 1310. The molecule has 4 rings (SSSR count). The summed E-state index contributed by atoms with van der Waals surface area (Å²) >= 11 is 13.1. The van der Waals surface area contributed by atoms with Crippen molar-refractivity contribution in [1.29, 1.82) is 0 Å². The molecule has 0 spiro atoms. The lowest BCUT2D eigenvalue weighted by molar-refractivity contribution is -0.141. The number of hydrogen-bond acceptors (Lipinski definition) is 3. The molecule has 4 nitrogen and oxygen atoms in total. The predicted molar refractivity (Wildman–Crippen MR) is 129 cm³/mol. The molecule has 0 bridgehead atoms. The van der Waals surface area contributed by atoms with Crippen LogP contribution in [0.3, 0.4) is 0 Å². The summed E-state index contributed by atoms with van der Waals surface area (Å²) in [6.45, 7) is 9.63. The van der Waals surface area contributed by atoms with Crippen LogP contribution in [-0.4, -0.2) is 33.3 Å². The first-order chi connectivity index (χ1) is 15.9. The van der Waals surface area contributed by atoms with E-state index in [2.05, 4.69) is 23.4 Å². The molecule has 0 N–H and O–H groups in total. The van der Waals surface area contributed by atoms with Gasteiger partial charge < -0.3 is 9.47 Å². The van der Waals surface area contributed by atoms with Gasteiger partial charge in [0.15, 0.2) is 0 Å². The Morgan fingerprint density at radius 2 is 1.94 bits per heavy atom. The number of fused-ring (bicyclic) bond motifs is 1. The smallest absolute Gasteiger partial charge is 0.371 e. The Morgan fingerprint density at radius 1 is 1.24 bits per heavy atom. The van der Waals surface area contributed by atoms with E-state index in [1.807, 2.05) is 0 Å². The van der Waals surface area contributed by atoms with Gasteiger partial charge in [0, 0.05) is 36.8 Å². The van der Waals surface area contributed by atoms with Gasteiger partial charge in [0.05, 0.1) is 21.3 Å². The molecular formula is C25H24Cl2F3N3O. The molecule has 0 amide bonds. The summed E-state index contributed by atoms with van der Waals surface area (Å²) in [6.07, 6.45) is -2.41. The monoisotopic (exact) mass is 509 g/mol. The molecule has 0 radical (unpaired) electrons. The number of rotatable bonds is 4. The SMILES string of the molecule is C=C(c1ccc(Cl)c(C(=O)c2cc3c(C)cc(C(F)(F)F)nc3n2C)c1Cl)N1CCCC(C)C1. The highest BCUT2D eigenvalue weighted by atomic mass is 35.5. The molecule has 3 aromatic rings. The molecule has 1 unspecified atom stereocenters. The Balaban J connectivity index is 1.79. The number of aromatic nitrogens is 2. The van der Waals surface area contributed by atoms with Crippen LogP contribution in [0.1, 0.15) is 52.6 Å². The highest BCUT2D eigenvalue weighted by Gasteiger charge is 2.34. The van der Waals surface area contributed by atoms with Gasteiger partial charge in [-0.25, -0.2) is 4.98 Å². The van der Waals surface area contributed by atoms with Crippen LogP contribution in [0.15, 0.2) is 30.8 Å². The maximum Gasteiger partial charge on any atom is 0.433 e. The van der Waals surface area contributed by atoms with Crippen molar-refractivity contribution in [3.8, 4) is 0 Å². The second-order valence-corrected chi connectivity index (χ2v) is 9.69. The number of likely N-dealkylation sites (tertiary alicyclic amines) is 1. The zero-order valence-corrected chi connectivity index (χ0v) is 20.6. The molecule has 1 aromatic carbocycles. The molecule has 3 heterocycles. The first kappa shape index (κ1) is 24.6. The fourth-order valence-electron chi connectivity index (χ4n) is 4.53. The zero-order valence-electron chi connectivity index (χ0n) is 19.1. The maximum atomic E-state index is 13.6. The van der Waals surface area contributed by atoms with E-state index in [4.69, 9.17) is 23.2 Å². The second kappa shape index (κ2) is 8.93. The number of aryl methyl sites for hydroxylation is 2. The van der Waals surface area contributed by atoms with Gasteiger partial charge in [-0.1, -0.05) is 36.7 Å². The molecule has 0 aliphatic carbocycles. The fourth-order valence-corrected chi connectivity index (χ4v) is 5.18. The van der Waals surface area contributed by atoms with Crippen molar-refractivity contribution >= 4 is 45.7 Å². The second-order valence-electron chi connectivity index (χ2n) is 8.90. The van der Waals surface area contributed by atoms with E-state index in [0.29, 0.717) is 28.1 Å². The van der Waals surface area contributed by atoms with Crippen LogP contribution in [0.25, 0.3) is 16.7 Å². The van der Waals surface area contributed by atoms with Crippen LogP contribution >= 0.6 is 23.2 Å². The molecule has 9 heteroatoms. The van der Waals surface area contributed by atoms with Crippen LogP contribution in [0.4, 0.5) is 13.2 Å². The Morgan fingerprint density at radius 3 is 2.59 bits per heavy atom. The van der Waals surface area contributed by atoms with Gasteiger partial charge in [-0.15, -0.1) is 0 Å². The molecule has 1 saturated heterocycles. The minimum absolute atomic E-state index is 0.0609. The van der Waals surface area contributed by atoms with Crippen LogP contribution in [0.2, 0.25) is 10.0 Å². The van der Waals surface area contributed by atoms with Gasteiger partial charge >= 0.3 is 6.18 Å². The Labute approximate surface area is 206 Å². The maximum absolute atomic E-state index is 13.6. The van der Waals surface area contributed by atoms with Gasteiger partial charge in [-0.3, -0.25) is 4.79 Å². The lowest BCUT2D eigenvalue weighted by Gasteiger charge is -2.34. The third-order valence-corrected chi connectivity index (χ3v) is 7.10. The van der Waals surface area contributed by atoms with E-state index in [1.54, 1.807) is 19.1 Å². The van der Waals surface area contributed by atoms with E-state index in [0.717, 1.165) is 32.0 Å². The van der Waals surface area contributed by atoms with Crippen LogP contribution < -0.4 is 0 Å². The summed E-state index contributed by atoms with van der Waals surface area (Å²) in [5, 5.41) is 0.782. The van der Waals surface area contributed by atoms with Crippen molar-refractivity contribution in [3.05, 3.63) is 69.0 Å². The summed E-state index contributed by atoms with van der Waals surface area (Å²) in [6, 6.07) is 5.84. The summed E-state index contributed by atoms with van der Waals surface area (Å²) in [4.78, 5) is 19.5. The lowest BCUT2D eigenvalue weighted by atomic mass is 9.97. The summed E-state index contributed by atoms with van der Waals surface area (Å²) in [7, 11) is 1.50. The number of alkyl halides is 3. The molecule has 1 fully saturated rings. The third kappa shape index (κ3) is 4.31. The molecule has 1 aliphatic rings. The number of halogens is 5. The number of carbonyl (C=O) groups is 1. The van der Waals surface area contributed by atoms with Crippen molar-refractivity contribution in [1.82, 2.24) is 14.5 Å². The van der Waals surface area contributed by atoms with Crippen molar-refractivity contribution in [2.75, 3.05) is 13.1 Å². The van der Waals surface area contributed by atoms with Gasteiger partial charge in [0.2, 0.25) is 5.78 Å². The standard InChI is InChI=1S/C25H24Cl2F3N3O/c1-13-6-5-9-33(12-13)15(3)16-7-8-18(26)21(22(16)27)23(34)19-11-17-14(2)10-20(25(28,29)30)31-24(17)32(19)4/h7-8,10-11,13H,3,5-6,9,12H2,1-2,4H3. The topological polar surface area (TPSA) is 38.1 Å². The molecule has 2 aromatic heterocycles. The molecule has 0 saturated carbocycles. The van der Waals surface area contributed by atoms with Crippen molar-refractivity contribution in [3.63, 3.8) is 0 Å². The fraction of sp³-hybridized carbons (Fsp3) is 0.360. The number of carbonyl (C=O) groups excluding carboxylic acids is 1. The van der Waals surface area contributed by atoms with Gasteiger partial charge in [0.1, 0.15) is 11.3 Å². The summed E-state index contributed by atoms with van der Waals surface area (Å²) < 4.78 is 41.2. The van der Waals surface area contributed by atoms with Gasteiger partial charge in [-0.05, 0) is 55.5 Å². The highest BCUT2D eigenvalue weighted by molar-refractivity contribution is 6.42. The van der Waals surface area contributed by atoms with E-state index < -0.39 is 17.7 Å². The molecule has 34 heavy (non-hydrogen) atoms. The third-order valence-electron chi connectivity index (χ3n) is 6.40. The number of piperidine rings is 1. The first-order valence-electron chi connectivity index (χ1n) is 10.9. The Kier molecular flexibility index (Phi) is 6.46. The predicted octanol–water partition coefficient (Wildman–Crippen LogP) is 7.14. The zero-order chi connectivity index (χ0) is 24.9. The number of nitrogens with zero attached hydrogens (tertiary/aromatic N) is 3.